The zero-order valence-corrected chi connectivity index (χ0v) is 11.5. The van der Waals surface area contributed by atoms with E-state index in [9.17, 15) is 10.1 Å². The highest BCUT2D eigenvalue weighted by Gasteiger charge is 2.11. The Balaban J connectivity index is 2.14. The van der Waals surface area contributed by atoms with E-state index in [1.54, 1.807) is 6.07 Å². The maximum atomic E-state index is 10.8. The van der Waals surface area contributed by atoms with E-state index in [2.05, 4.69) is 10.5 Å². The molecule has 102 valence electrons. The van der Waals surface area contributed by atoms with Crippen molar-refractivity contribution in [1.29, 1.82) is 0 Å². The van der Waals surface area contributed by atoms with Crippen molar-refractivity contribution in [2.75, 3.05) is 5.43 Å². The van der Waals surface area contributed by atoms with Gasteiger partial charge in [0, 0.05) is 11.6 Å². The van der Waals surface area contributed by atoms with Crippen LogP contribution < -0.4 is 5.43 Å². The van der Waals surface area contributed by atoms with Crippen molar-refractivity contribution >= 4 is 29.2 Å². The average Bonchev–Trinajstić information content (AvgIpc) is 2.42. The summed E-state index contributed by atoms with van der Waals surface area (Å²) in [5.74, 6) is 0. The number of hydrogen-bond donors (Lipinski definition) is 1. The highest BCUT2D eigenvalue weighted by atomic mass is 35.5. The second-order valence-corrected chi connectivity index (χ2v) is 4.56. The molecule has 1 N–H and O–H groups in total. The molecule has 0 fully saturated rings. The van der Waals surface area contributed by atoms with Crippen LogP contribution in [-0.4, -0.2) is 11.1 Å². The number of nitrogens with zero attached hydrogens (tertiary/aromatic N) is 2. The number of nitro groups is 1. The Morgan fingerprint density at radius 3 is 2.75 bits per heavy atom. The van der Waals surface area contributed by atoms with E-state index < -0.39 is 4.92 Å². The lowest BCUT2D eigenvalue weighted by molar-refractivity contribution is -0.384. The van der Waals surface area contributed by atoms with Crippen molar-refractivity contribution in [1.82, 2.24) is 0 Å². The number of hydrogen-bond acceptors (Lipinski definition) is 4. The molecule has 0 saturated heterocycles. The predicted octanol–water partition coefficient (Wildman–Crippen LogP) is 4.00. The fourth-order valence-electron chi connectivity index (χ4n) is 1.62. The summed E-state index contributed by atoms with van der Waals surface area (Å²) >= 11 is 5.74. The summed E-state index contributed by atoms with van der Waals surface area (Å²) in [5.41, 5.74) is 5.30. The van der Waals surface area contributed by atoms with Gasteiger partial charge in [-0.25, -0.2) is 0 Å². The molecule has 5 nitrogen and oxygen atoms in total. The van der Waals surface area contributed by atoms with E-state index in [-0.39, 0.29) is 10.7 Å². The molecule has 0 saturated carbocycles. The van der Waals surface area contributed by atoms with Crippen molar-refractivity contribution in [2.24, 2.45) is 5.10 Å². The number of hydrazone groups is 1. The fourth-order valence-corrected chi connectivity index (χ4v) is 1.81. The Kier molecular flexibility index (Phi) is 4.32. The number of benzene rings is 2. The van der Waals surface area contributed by atoms with Crippen LogP contribution in [-0.2, 0) is 0 Å². The topological polar surface area (TPSA) is 67.5 Å². The van der Waals surface area contributed by atoms with Gasteiger partial charge < -0.3 is 0 Å². The van der Waals surface area contributed by atoms with Crippen LogP contribution in [0.2, 0.25) is 5.02 Å². The van der Waals surface area contributed by atoms with Gasteiger partial charge in [0.25, 0.3) is 5.69 Å². The van der Waals surface area contributed by atoms with Crippen molar-refractivity contribution in [3.63, 3.8) is 0 Å². The van der Waals surface area contributed by atoms with Crippen LogP contribution in [0.3, 0.4) is 0 Å². The molecule has 0 amide bonds. The molecule has 6 heteroatoms. The lowest BCUT2D eigenvalue weighted by Crippen LogP contribution is -1.94. The molecule has 0 spiro atoms. The van der Waals surface area contributed by atoms with E-state index in [1.807, 2.05) is 31.2 Å². The van der Waals surface area contributed by atoms with Gasteiger partial charge in [-0.2, -0.15) is 5.10 Å². The normalized spacial score (nSPS) is 10.7. The van der Waals surface area contributed by atoms with Crippen molar-refractivity contribution < 1.29 is 4.92 Å². The van der Waals surface area contributed by atoms with Crippen molar-refractivity contribution in [3.05, 3.63) is 68.7 Å². The lowest BCUT2D eigenvalue weighted by Gasteiger charge is -2.03. The van der Waals surface area contributed by atoms with Gasteiger partial charge in [0.2, 0.25) is 0 Å². The molecule has 0 aliphatic heterocycles. The first-order valence-corrected chi connectivity index (χ1v) is 6.24. The first-order chi connectivity index (χ1) is 9.58. The van der Waals surface area contributed by atoms with Gasteiger partial charge in [0.05, 0.1) is 16.8 Å². The third-order valence-corrected chi connectivity index (χ3v) is 3.03. The first-order valence-electron chi connectivity index (χ1n) is 5.86. The number of rotatable bonds is 4. The Morgan fingerprint density at radius 2 is 2.05 bits per heavy atom. The number of nitro benzene ring substituents is 1. The molecule has 20 heavy (non-hydrogen) atoms. The molecular formula is C14H12ClN3O2. The Morgan fingerprint density at radius 1 is 1.30 bits per heavy atom. The average molecular weight is 290 g/mol. The molecule has 2 rings (SSSR count). The molecular weight excluding hydrogens is 278 g/mol. The van der Waals surface area contributed by atoms with Gasteiger partial charge in [-0.05, 0) is 24.6 Å². The highest BCUT2D eigenvalue weighted by molar-refractivity contribution is 6.32. The molecule has 0 aromatic heterocycles. The van der Waals surface area contributed by atoms with Gasteiger partial charge >= 0.3 is 0 Å². The van der Waals surface area contributed by atoms with Crippen LogP contribution >= 0.6 is 11.6 Å². The molecule has 2 aromatic carbocycles. The van der Waals surface area contributed by atoms with E-state index >= 15 is 0 Å². The van der Waals surface area contributed by atoms with Crippen molar-refractivity contribution in [2.45, 2.75) is 6.92 Å². The lowest BCUT2D eigenvalue weighted by atomic mass is 10.2. The summed E-state index contributed by atoms with van der Waals surface area (Å²) < 4.78 is 0. The molecule has 0 heterocycles. The summed E-state index contributed by atoms with van der Waals surface area (Å²) in [6.07, 6.45) is 1.51. The summed E-state index contributed by atoms with van der Waals surface area (Å²) in [6, 6.07) is 12.2. The minimum absolute atomic E-state index is 0.110. The first kappa shape index (κ1) is 14.0. The number of anilines is 1. The van der Waals surface area contributed by atoms with Gasteiger partial charge in [-0.15, -0.1) is 0 Å². The van der Waals surface area contributed by atoms with Crippen LogP contribution in [0.25, 0.3) is 0 Å². The maximum absolute atomic E-state index is 10.8. The standard InChI is InChI=1S/C14H12ClN3O2/c1-10-4-2-3-5-13(10)17-16-9-11-6-7-12(15)14(8-11)18(19)20/h2-9,17H,1H3/b16-9+. The monoisotopic (exact) mass is 289 g/mol. The summed E-state index contributed by atoms with van der Waals surface area (Å²) in [5, 5.41) is 14.9. The molecule has 0 bridgehead atoms. The minimum Gasteiger partial charge on any atom is -0.278 e. The third-order valence-electron chi connectivity index (χ3n) is 2.71. The Bertz CT molecular complexity index is 671. The van der Waals surface area contributed by atoms with E-state index in [0.29, 0.717) is 5.56 Å². The second-order valence-electron chi connectivity index (χ2n) is 4.15. The molecule has 0 aliphatic rings. The second kappa shape index (κ2) is 6.16. The Labute approximate surface area is 121 Å². The SMILES string of the molecule is Cc1ccccc1N/N=C/c1ccc(Cl)c([N+](=O)[O-])c1. The molecule has 0 aliphatic carbocycles. The smallest absolute Gasteiger partial charge is 0.278 e. The Hall–Kier alpha value is -2.40. The van der Waals surface area contributed by atoms with Crippen LogP contribution in [0, 0.1) is 17.0 Å². The summed E-state index contributed by atoms with van der Waals surface area (Å²) in [7, 11) is 0. The van der Waals surface area contributed by atoms with Crippen LogP contribution in [0.4, 0.5) is 11.4 Å². The van der Waals surface area contributed by atoms with Crippen LogP contribution in [0.1, 0.15) is 11.1 Å². The molecule has 0 radical (unpaired) electrons. The number of nitrogens with one attached hydrogen (secondary N) is 1. The summed E-state index contributed by atoms with van der Waals surface area (Å²) in [6.45, 7) is 1.96. The van der Waals surface area contributed by atoms with Gasteiger partial charge in [-0.3, -0.25) is 15.5 Å². The van der Waals surface area contributed by atoms with E-state index in [1.165, 1.54) is 18.3 Å². The zero-order valence-electron chi connectivity index (χ0n) is 10.7. The van der Waals surface area contributed by atoms with E-state index in [0.717, 1.165) is 11.3 Å². The summed E-state index contributed by atoms with van der Waals surface area (Å²) in [4.78, 5) is 10.3. The number of aryl methyl sites for hydroxylation is 1. The number of halogens is 1. The third kappa shape index (κ3) is 3.33. The quantitative estimate of drug-likeness (QED) is 0.525. The highest BCUT2D eigenvalue weighted by Crippen LogP contribution is 2.24. The molecule has 0 unspecified atom stereocenters. The van der Waals surface area contributed by atoms with Crippen LogP contribution in [0.15, 0.2) is 47.6 Å². The van der Waals surface area contributed by atoms with E-state index in [4.69, 9.17) is 11.6 Å². The fraction of sp³-hybridized carbons (Fsp3) is 0.0714. The van der Waals surface area contributed by atoms with Gasteiger partial charge in [0.15, 0.2) is 0 Å². The molecule has 0 atom stereocenters. The largest absolute Gasteiger partial charge is 0.288 e. The zero-order chi connectivity index (χ0) is 14.5. The maximum Gasteiger partial charge on any atom is 0.288 e. The van der Waals surface area contributed by atoms with Crippen molar-refractivity contribution in [3.8, 4) is 0 Å². The molecule has 2 aromatic rings. The van der Waals surface area contributed by atoms with Crippen LogP contribution in [0.5, 0.6) is 0 Å². The predicted molar refractivity (Wildman–Crippen MR) is 80.5 cm³/mol. The minimum atomic E-state index is -0.519. The van der Waals surface area contributed by atoms with Gasteiger partial charge in [0.1, 0.15) is 5.02 Å². The number of para-hydroxylation sites is 1. The van der Waals surface area contributed by atoms with Gasteiger partial charge in [-0.1, -0.05) is 35.9 Å².